The number of hydrogen-bond donors (Lipinski definition) is 2. The highest BCUT2D eigenvalue weighted by atomic mass is 16.3. The van der Waals surface area contributed by atoms with E-state index < -0.39 is 6.10 Å². The van der Waals surface area contributed by atoms with Gasteiger partial charge in [-0.05, 0) is 26.3 Å². The summed E-state index contributed by atoms with van der Waals surface area (Å²) in [5.41, 5.74) is -0.213. The molecule has 0 spiro atoms. The second-order valence-electron chi connectivity index (χ2n) is 3.33. The molecule has 2 atom stereocenters. The summed E-state index contributed by atoms with van der Waals surface area (Å²) in [6, 6.07) is 1.98. The van der Waals surface area contributed by atoms with E-state index in [0.717, 1.165) is 19.4 Å². The van der Waals surface area contributed by atoms with Crippen LogP contribution in [0.2, 0.25) is 0 Å². The first kappa shape index (κ1) is 8.51. The van der Waals surface area contributed by atoms with Crippen molar-refractivity contribution in [2.24, 2.45) is 0 Å². The Hall–Kier alpha value is -0.590. The maximum absolute atomic E-state index is 9.52. The average Bonchev–Trinajstić information content (AvgIpc) is 2.38. The summed E-state index contributed by atoms with van der Waals surface area (Å²) in [4.78, 5) is 0. The molecule has 1 heterocycles. The molecule has 3 heteroatoms. The molecule has 0 saturated carbocycles. The Balaban J connectivity index is 2.50. The number of nitriles is 1. The number of aliphatic hydroxyl groups is 1. The summed E-state index contributed by atoms with van der Waals surface area (Å²) in [5.74, 6) is 0. The molecule has 0 unspecified atom stereocenters. The summed E-state index contributed by atoms with van der Waals surface area (Å²) in [6.45, 7) is 2.93. The lowest BCUT2D eigenvalue weighted by atomic mass is 9.91. The van der Waals surface area contributed by atoms with Crippen molar-refractivity contribution in [1.29, 1.82) is 5.26 Å². The van der Waals surface area contributed by atoms with Gasteiger partial charge in [0.15, 0.2) is 0 Å². The number of aliphatic hydroxyl groups excluding tert-OH is 1. The summed E-state index contributed by atoms with van der Waals surface area (Å²) >= 11 is 0. The topological polar surface area (TPSA) is 56.0 Å². The van der Waals surface area contributed by atoms with Gasteiger partial charge in [0.25, 0.3) is 0 Å². The van der Waals surface area contributed by atoms with E-state index in [9.17, 15) is 5.11 Å². The van der Waals surface area contributed by atoms with Gasteiger partial charge in [-0.15, -0.1) is 0 Å². The molecule has 0 radical (unpaired) electrons. The molecule has 1 aliphatic rings. The number of nitrogens with one attached hydrogen (secondary N) is 1. The first-order valence-electron chi connectivity index (χ1n) is 3.99. The van der Waals surface area contributed by atoms with Crippen LogP contribution < -0.4 is 5.32 Å². The van der Waals surface area contributed by atoms with Crippen molar-refractivity contribution in [3.8, 4) is 6.07 Å². The molecular formula is C8H14N2O. The van der Waals surface area contributed by atoms with Crippen LogP contribution >= 0.6 is 0 Å². The fourth-order valence-electron chi connectivity index (χ4n) is 1.51. The maximum atomic E-state index is 9.52. The summed E-state index contributed by atoms with van der Waals surface area (Å²) in [6.07, 6.45) is 1.77. The molecule has 1 aliphatic heterocycles. The van der Waals surface area contributed by atoms with E-state index in [1.807, 2.05) is 13.0 Å². The fourth-order valence-corrected chi connectivity index (χ4v) is 1.51. The maximum Gasteiger partial charge on any atom is 0.0848 e. The first-order valence-corrected chi connectivity index (χ1v) is 3.99. The molecule has 1 saturated heterocycles. The van der Waals surface area contributed by atoms with Gasteiger partial charge in [0.05, 0.1) is 18.6 Å². The zero-order valence-corrected chi connectivity index (χ0v) is 6.80. The van der Waals surface area contributed by atoms with Gasteiger partial charge in [0.1, 0.15) is 0 Å². The smallest absolute Gasteiger partial charge is 0.0848 e. The largest absolute Gasteiger partial charge is 0.390 e. The van der Waals surface area contributed by atoms with Gasteiger partial charge in [-0.2, -0.15) is 5.26 Å². The van der Waals surface area contributed by atoms with Crippen molar-refractivity contribution < 1.29 is 5.11 Å². The Labute approximate surface area is 67.0 Å². The normalized spacial score (nSPS) is 33.2. The second-order valence-corrected chi connectivity index (χ2v) is 3.33. The lowest BCUT2D eigenvalue weighted by Gasteiger charge is -2.28. The second kappa shape index (κ2) is 3.21. The van der Waals surface area contributed by atoms with Crippen LogP contribution in [0.1, 0.15) is 26.2 Å². The minimum Gasteiger partial charge on any atom is -0.390 e. The molecule has 0 aromatic carbocycles. The highest BCUT2D eigenvalue weighted by Gasteiger charge is 2.35. The van der Waals surface area contributed by atoms with E-state index in [1.54, 1.807) is 0 Å². The van der Waals surface area contributed by atoms with Crippen molar-refractivity contribution in [3.05, 3.63) is 0 Å². The predicted molar refractivity (Wildman–Crippen MR) is 41.9 cm³/mol. The third-order valence-electron chi connectivity index (χ3n) is 2.42. The van der Waals surface area contributed by atoms with Crippen LogP contribution in [0.25, 0.3) is 0 Å². The minimum atomic E-state index is -0.519. The zero-order valence-electron chi connectivity index (χ0n) is 6.80. The molecule has 0 aromatic rings. The van der Waals surface area contributed by atoms with Crippen LogP contribution in [0.3, 0.4) is 0 Å². The van der Waals surface area contributed by atoms with Crippen molar-refractivity contribution in [1.82, 2.24) is 5.32 Å². The van der Waals surface area contributed by atoms with Crippen molar-refractivity contribution in [2.45, 2.75) is 37.8 Å². The van der Waals surface area contributed by atoms with E-state index in [-0.39, 0.29) is 12.0 Å². The molecule has 0 bridgehead atoms. The molecule has 1 rings (SSSR count). The van der Waals surface area contributed by atoms with E-state index in [2.05, 4.69) is 5.32 Å². The van der Waals surface area contributed by atoms with Crippen molar-refractivity contribution in [3.63, 3.8) is 0 Å². The van der Waals surface area contributed by atoms with Gasteiger partial charge in [-0.3, -0.25) is 0 Å². The van der Waals surface area contributed by atoms with Gasteiger partial charge in [0.2, 0.25) is 0 Å². The van der Waals surface area contributed by atoms with Crippen LogP contribution in [-0.4, -0.2) is 23.3 Å². The van der Waals surface area contributed by atoms with Crippen molar-refractivity contribution >= 4 is 0 Å². The SMILES string of the molecule is C[C@@]1([C@H](O)CC#N)CCCN1. The molecule has 0 amide bonds. The lowest BCUT2D eigenvalue weighted by molar-refractivity contribution is 0.0857. The quantitative estimate of drug-likeness (QED) is 0.605. The van der Waals surface area contributed by atoms with E-state index in [0.29, 0.717) is 0 Å². The van der Waals surface area contributed by atoms with Crippen molar-refractivity contribution in [2.75, 3.05) is 6.54 Å². The number of nitrogens with zero attached hydrogens (tertiary/aromatic N) is 1. The monoisotopic (exact) mass is 154 g/mol. The van der Waals surface area contributed by atoms with Crippen LogP contribution in [0.5, 0.6) is 0 Å². The first-order chi connectivity index (χ1) is 5.19. The Bertz CT molecular complexity index is 167. The molecular weight excluding hydrogens is 140 g/mol. The average molecular weight is 154 g/mol. The van der Waals surface area contributed by atoms with Gasteiger partial charge in [0, 0.05) is 5.54 Å². The van der Waals surface area contributed by atoms with Crippen LogP contribution in [0.4, 0.5) is 0 Å². The zero-order chi connectivity index (χ0) is 8.32. The molecule has 11 heavy (non-hydrogen) atoms. The highest BCUT2D eigenvalue weighted by molar-refractivity contribution is 4.98. The molecule has 2 N–H and O–H groups in total. The predicted octanol–water partition coefficient (Wildman–Crippen LogP) is 0.403. The van der Waals surface area contributed by atoms with Crippen LogP contribution in [-0.2, 0) is 0 Å². The highest BCUT2D eigenvalue weighted by Crippen LogP contribution is 2.23. The third-order valence-corrected chi connectivity index (χ3v) is 2.42. The van der Waals surface area contributed by atoms with E-state index >= 15 is 0 Å². The molecule has 62 valence electrons. The Kier molecular flexibility index (Phi) is 2.48. The number of rotatable bonds is 2. The Morgan fingerprint density at radius 2 is 2.55 bits per heavy atom. The summed E-state index contributed by atoms with van der Waals surface area (Å²) < 4.78 is 0. The summed E-state index contributed by atoms with van der Waals surface area (Å²) in [5, 5.41) is 21.1. The van der Waals surface area contributed by atoms with Crippen LogP contribution in [0, 0.1) is 11.3 Å². The molecule has 1 fully saturated rings. The minimum absolute atomic E-state index is 0.213. The molecule has 0 aromatic heterocycles. The van der Waals surface area contributed by atoms with E-state index in [1.165, 1.54) is 0 Å². The van der Waals surface area contributed by atoms with Gasteiger partial charge in [-0.25, -0.2) is 0 Å². The Morgan fingerprint density at radius 1 is 1.82 bits per heavy atom. The molecule has 3 nitrogen and oxygen atoms in total. The van der Waals surface area contributed by atoms with Gasteiger partial charge >= 0.3 is 0 Å². The number of hydrogen-bond acceptors (Lipinski definition) is 3. The standard InChI is InChI=1S/C8H14N2O/c1-8(4-2-6-10-8)7(11)3-5-9/h7,10-11H,2-4,6H2,1H3/t7-,8+/m1/s1. The van der Waals surface area contributed by atoms with E-state index in [4.69, 9.17) is 5.26 Å². The lowest BCUT2D eigenvalue weighted by Crippen LogP contribution is -2.47. The third kappa shape index (κ3) is 1.70. The van der Waals surface area contributed by atoms with Crippen LogP contribution in [0.15, 0.2) is 0 Å². The Morgan fingerprint density at radius 3 is 3.00 bits per heavy atom. The summed E-state index contributed by atoms with van der Waals surface area (Å²) in [7, 11) is 0. The van der Waals surface area contributed by atoms with Gasteiger partial charge in [-0.1, -0.05) is 0 Å². The molecule has 0 aliphatic carbocycles. The fraction of sp³-hybridized carbons (Fsp3) is 0.875. The van der Waals surface area contributed by atoms with Gasteiger partial charge < -0.3 is 10.4 Å².